The number of carbonyl (C=O) groups excluding carboxylic acids is 1. The van der Waals surface area contributed by atoms with Crippen LogP contribution in [-0.4, -0.2) is 23.2 Å². The lowest BCUT2D eigenvalue weighted by Gasteiger charge is -2.07. The van der Waals surface area contributed by atoms with Gasteiger partial charge in [-0.05, 0) is 30.3 Å². The van der Waals surface area contributed by atoms with Crippen molar-refractivity contribution >= 4 is 23.3 Å². The molecule has 3 rings (SSSR count). The molecule has 0 radical (unpaired) electrons. The molecule has 0 atom stereocenters. The Balaban J connectivity index is 1.73. The number of hydrogen-bond acceptors (Lipinski definition) is 6. The van der Waals surface area contributed by atoms with Gasteiger partial charge in [0.05, 0.1) is 29.8 Å². The van der Waals surface area contributed by atoms with E-state index < -0.39 is 17.7 Å². The summed E-state index contributed by atoms with van der Waals surface area (Å²) in [7, 11) is 1.24. The van der Waals surface area contributed by atoms with E-state index in [1.54, 1.807) is 6.07 Å². The lowest BCUT2D eigenvalue weighted by Crippen LogP contribution is -2.05. The molecule has 0 saturated carbocycles. The van der Waals surface area contributed by atoms with E-state index in [1.165, 1.54) is 31.4 Å². The Morgan fingerprint density at radius 1 is 1.25 bits per heavy atom. The average Bonchev–Trinajstić information content (AvgIpc) is 3.15. The zero-order valence-corrected chi connectivity index (χ0v) is 15.1. The van der Waals surface area contributed by atoms with Gasteiger partial charge in [0.15, 0.2) is 0 Å². The number of ether oxygens (including phenoxy) is 1. The fourth-order valence-corrected chi connectivity index (χ4v) is 2.55. The smallest absolute Gasteiger partial charge is 0.416 e. The van der Waals surface area contributed by atoms with E-state index in [4.69, 9.17) is 16.1 Å². The van der Waals surface area contributed by atoms with Crippen LogP contribution in [0.4, 0.5) is 18.9 Å². The van der Waals surface area contributed by atoms with Crippen LogP contribution in [0.25, 0.3) is 11.4 Å². The molecular formula is C18H13ClF3N3O3. The number of nitrogens with one attached hydrogen (secondary N) is 1. The molecule has 1 N–H and O–H groups in total. The predicted octanol–water partition coefficient (Wildman–Crippen LogP) is 4.81. The van der Waals surface area contributed by atoms with Gasteiger partial charge in [-0.15, -0.1) is 0 Å². The molecule has 1 heterocycles. The van der Waals surface area contributed by atoms with E-state index >= 15 is 0 Å². The van der Waals surface area contributed by atoms with Crippen molar-refractivity contribution in [1.82, 2.24) is 10.1 Å². The fraction of sp³-hybridized carbons (Fsp3) is 0.167. The van der Waals surface area contributed by atoms with Crippen LogP contribution in [0, 0.1) is 0 Å². The first-order chi connectivity index (χ1) is 13.3. The lowest BCUT2D eigenvalue weighted by molar-refractivity contribution is -0.137. The van der Waals surface area contributed by atoms with Gasteiger partial charge in [0.1, 0.15) is 0 Å². The van der Waals surface area contributed by atoms with Crippen molar-refractivity contribution in [3.63, 3.8) is 0 Å². The number of carbonyl (C=O) groups is 1. The zero-order chi connectivity index (χ0) is 20.3. The molecule has 0 aliphatic carbocycles. The van der Waals surface area contributed by atoms with Gasteiger partial charge < -0.3 is 14.6 Å². The van der Waals surface area contributed by atoms with Crippen LogP contribution in [0.1, 0.15) is 21.8 Å². The van der Waals surface area contributed by atoms with Crippen LogP contribution >= 0.6 is 11.6 Å². The summed E-state index contributed by atoms with van der Waals surface area (Å²) in [6, 6.07) is 9.30. The summed E-state index contributed by atoms with van der Waals surface area (Å²) < 4.78 is 48.2. The molecule has 0 aliphatic heterocycles. The maximum atomic E-state index is 12.8. The highest BCUT2D eigenvalue weighted by atomic mass is 35.5. The molecule has 0 unspecified atom stereocenters. The Morgan fingerprint density at radius 3 is 2.75 bits per heavy atom. The third-order valence-electron chi connectivity index (χ3n) is 3.73. The second kappa shape index (κ2) is 7.89. The number of alkyl halides is 3. The molecular weight excluding hydrogens is 399 g/mol. The summed E-state index contributed by atoms with van der Waals surface area (Å²) in [5, 5.41) is 6.91. The molecule has 28 heavy (non-hydrogen) atoms. The first-order valence-corrected chi connectivity index (χ1v) is 8.27. The number of halogens is 4. The molecule has 0 saturated heterocycles. The largest absolute Gasteiger partial charge is 0.465 e. The van der Waals surface area contributed by atoms with E-state index in [9.17, 15) is 18.0 Å². The maximum absolute atomic E-state index is 12.8. The van der Waals surface area contributed by atoms with Crippen molar-refractivity contribution in [2.45, 2.75) is 12.7 Å². The summed E-state index contributed by atoms with van der Waals surface area (Å²) in [5.74, 6) is -0.394. The normalized spacial score (nSPS) is 11.3. The minimum atomic E-state index is -4.46. The number of rotatable bonds is 5. The van der Waals surface area contributed by atoms with Crippen molar-refractivity contribution < 1.29 is 27.2 Å². The van der Waals surface area contributed by atoms with Crippen LogP contribution in [-0.2, 0) is 17.5 Å². The van der Waals surface area contributed by atoms with E-state index in [0.717, 1.165) is 12.1 Å². The van der Waals surface area contributed by atoms with Gasteiger partial charge in [0, 0.05) is 11.3 Å². The maximum Gasteiger partial charge on any atom is 0.416 e. The minimum Gasteiger partial charge on any atom is -0.465 e. The highest BCUT2D eigenvalue weighted by Gasteiger charge is 2.30. The summed E-state index contributed by atoms with van der Waals surface area (Å²) in [6.07, 6.45) is -4.46. The molecule has 10 heteroatoms. The third kappa shape index (κ3) is 4.42. The summed E-state index contributed by atoms with van der Waals surface area (Å²) in [5.41, 5.74) is 0.114. The number of benzene rings is 2. The van der Waals surface area contributed by atoms with Crippen molar-refractivity contribution in [2.75, 3.05) is 12.4 Å². The Bertz CT molecular complexity index is 1000. The number of anilines is 1. The van der Waals surface area contributed by atoms with Crippen LogP contribution in [0.3, 0.4) is 0 Å². The van der Waals surface area contributed by atoms with Crippen LogP contribution < -0.4 is 5.32 Å². The quantitative estimate of drug-likeness (QED) is 0.607. The van der Waals surface area contributed by atoms with Gasteiger partial charge >= 0.3 is 12.1 Å². The monoisotopic (exact) mass is 411 g/mol. The molecule has 0 spiro atoms. The van der Waals surface area contributed by atoms with Crippen LogP contribution in [0.2, 0.25) is 5.02 Å². The molecule has 0 bridgehead atoms. The average molecular weight is 412 g/mol. The molecule has 0 amide bonds. The predicted molar refractivity (Wildman–Crippen MR) is 94.9 cm³/mol. The van der Waals surface area contributed by atoms with Crippen molar-refractivity contribution in [3.8, 4) is 11.4 Å². The second-order valence-electron chi connectivity index (χ2n) is 5.63. The Hall–Kier alpha value is -3.07. The van der Waals surface area contributed by atoms with Crippen molar-refractivity contribution in [3.05, 3.63) is 64.5 Å². The van der Waals surface area contributed by atoms with E-state index in [0.29, 0.717) is 5.69 Å². The van der Waals surface area contributed by atoms with Gasteiger partial charge in [-0.3, -0.25) is 0 Å². The highest BCUT2D eigenvalue weighted by Crippen LogP contribution is 2.31. The second-order valence-corrected chi connectivity index (χ2v) is 6.04. The Morgan fingerprint density at radius 2 is 2.04 bits per heavy atom. The Kier molecular flexibility index (Phi) is 5.55. The van der Waals surface area contributed by atoms with Crippen LogP contribution in [0.15, 0.2) is 47.0 Å². The molecule has 6 nitrogen and oxygen atoms in total. The minimum absolute atomic E-state index is 0.0363. The van der Waals surface area contributed by atoms with E-state index in [-0.39, 0.29) is 34.4 Å². The molecule has 2 aromatic carbocycles. The number of aromatic nitrogens is 2. The molecule has 0 aliphatic rings. The van der Waals surface area contributed by atoms with Gasteiger partial charge in [-0.1, -0.05) is 28.9 Å². The number of esters is 1. The Labute approximate surface area is 162 Å². The van der Waals surface area contributed by atoms with Gasteiger partial charge in [0.25, 0.3) is 0 Å². The zero-order valence-electron chi connectivity index (χ0n) is 14.4. The number of hydrogen-bond donors (Lipinski definition) is 1. The molecule has 1 aromatic heterocycles. The van der Waals surface area contributed by atoms with Crippen molar-refractivity contribution in [1.29, 1.82) is 0 Å². The number of methoxy groups -OCH3 is 1. The first-order valence-electron chi connectivity index (χ1n) is 7.90. The van der Waals surface area contributed by atoms with Gasteiger partial charge in [0.2, 0.25) is 11.7 Å². The van der Waals surface area contributed by atoms with Crippen LogP contribution in [0.5, 0.6) is 0 Å². The lowest BCUT2D eigenvalue weighted by atomic mass is 10.1. The topological polar surface area (TPSA) is 77.2 Å². The summed E-state index contributed by atoms with van der Waals surface area (Å²) in [6.45, 7) is 0.0915. The first kappa shape index (κ1) is 19.7. The fourth-order valence-electron chi connectivity index (χ4n) is 2.36. The summed E-state index contributed by atoms with van der Waals surface area (Å²) in [4.78, 5) is 15.7. The molecule has 0 fully saturated rings. The molecule has 3 aromatic rings. The summed E-state index contributed by atoms with van der Waals surface area (Å²) >= 11 is 5.95. The van der Waals surface area contributed by atoms with E-state index in [1.807, 2.05) is 0 Å². The third-order valence-corrected chi connectivity index (χ3v) is 4.06. The van der Waals surface area contributed by atoms with Gasteiger partial charge in [-0.25, -0.2) is 4.79 Å². The van der Waals surface area contributed by atoms with Crippen molar-refractivity contribution in [2.24, 2.45) is 0 Å². The standard InChI is InChI=1S/C18H13ClF3N3O3/c1-27-17(26)13-8-12(5-6-14(13)19)23-9-15-24-16(25-28-15)10-3-2-4-11(7-10)18(20,21)22/h2-8,23H,9H2,1H3. The van der Waals surface area contributed by atoms with Gasteiger partial charge in [-0.2, -0.15) is 18.2 Å². The SMILES string of the molecule is COC(=O)c1cc(NCc2nc(-c3cccc(C(F)(F)F)c3)no2)ccc1Cl. The number of nitrogens with zero attached hydrogens (tertiary/aromatic N) is 2. The molecule has 146 valence electrons. The highest BCUT2D eigenvalue weighted by molar-refractivity contribution is 6.33. The van der Waals surface area contributed by atoms with E-state index in [2.05, 4.69) is 20.2 Å².